The van der Waals surface area contributed by atoms with Crippen molar-refractivity contribution in [2.24, 2.45) is 0 Å². The number of ether oxygens (including phenoxy) is 3. The van der Waals surface area contributed by atoms with Crippen LogP contribution in [0, 0.1) is 0 Å². The topological polar surface area (TPSA) is 43.0 Å². The highest BCUT2D eigenvalue weighted by atomic mass is 16.5. The highest BCUT2D eigenvalue weighted by molar-refractivity contribution is 5.47. The smallest absolute Gasteiger partial charge is 0.164 e. The molecule has 5 heteroatoms. The molecule has 0 aromatic heterocycles. The number of benzene rings is 1. The predicted octanol–water partition coefficient (Wildman–Crippen LogP) is 1.70. The zero-order chi connectivity index (χ0) is 15.9. The maximum absolute atomic E-state index is 6.31. The van der Waals surface area contributed by atoms with E-state index < -0.39 is 0 Å². The minimum absolute atomic E-state index is 0.234. The summed E-state index contributed by atoms with van der Waals surface area (Å²) in [5.74, 6) is 1.77. The van der Waals surface area contributed by atoms with Gasteiger partial charge in [0.2, 0.25) is 0 Å². The molecule has 0 bridgehead atoms. The van der Waals surface area contributed by atoms with Crippen molar-refractivity contribution in [3.8, 4) is 11.5 Å². The lowest BCUT2D eigenvalue weighted by Gasteiger charge is -2.28. The van der Waals surface area contributed by atoms with Crippen molar-refractivity contribution in [3.63, 3.8) is 0 Å². The highest BCUT2D eigenvalue weighted by Crippen LogP contribution is 2.33. The van der Waals surface area contributed by atoms with Gasteiger partial charge in [0.25, 0.3) is 0 Å². The van der Waals surface area contributed by atoms with Crippen LogP contribution in [0.5, 0.6) is 11.5 Å². The summed E-state index contributed by atoms with van der Waals surface area (Å²) < 4.78 is 17.3. The van der Waals surface area contributed by atoms with E-state index in [0.29, 0.717) is 0 Å². The molecule has 0 amide bonds. The molecule has 1 aromatic rings. The Kier molecular flexibility index (Phi) is 6.13. The van der Waals surface area contributed by atoms with Gasteiger partial charge in [-0.2, -0.15) is 0 Å². The third-order valence-corrected chi connectivity index (χ3v) is 4.64. The third-order valence-electron chi connectivity index (χ3n) is 4.64. The van der Waals surface area contributed by atoms with E-state index >= 15 is 0 Å². The van der Waals surface area contributed by atoms with E-state index in [1.165, 1.54) is 5.56 Å². The van der Waals surface area contributed by atoms with Crippen molar-refractivity contribution in [1.29, 1.82) is 0 Å². The van der Waals surface area contributed by atoms with Crippen LogP contribution in [0.1, 0.15) is 18.4 Å². The fourth-order valence-corrected chi connectivity index (χ4v) is 3.23. The monoisotopic (exact) mass is 320 g/mol. The minimum Gasteiger partial charge on any atom is -0.493 e. The summed E-state index contributed by atoms with van der Waals surface area (Å²) in [6, 6.07) is 6.21. The van der Waals surface area contributed by atoms with E-state index in [-0.39, 0.29) is 6.10 Å². The van der Waals surface area contributed by atoms with Gasteiger partial charge in [-0.05, 0) is 18.1 Å². The van der Waals surface area contributed by atoms with Crippen LogP contribution in [0.3, 0.4) is 0 Å². The number of piperazine rings is 1. The van der Waals surface area contributed by atoms with Gasteiger partial charge in [-0.15, -0.1) is 0 Å². The van der Waals surface area contributed by atoms with Crippen LogP contribution in [-0.2, 0) is 11.2 Å². The maximum atomic E-state index is 6.31. The molecular formula is C18H28N2O3. The van der Waals surface area contributed by atoms with Crippen LogP contribution in [0.2, 0.25) is 0 Å². The van der Waals surface area contributed by atoms with Crippen molar-refractivity contribution < 1.29 is 14.2 Å². The van der Waals surface area contributed by atoms with Crippen LogP contribution in [0.25, 0.3) is 0 Å². The first-order chi connectivity index (χ1) is 11.4. The first kappa shape index (κ1) is 16.6. The summed E-state index contributed by atoms with van der Waals surface area (Å²) in [5.41, 5.74) is 1.24. The average Bonchev–Trinajstić information content (AvgIpc) is 2.62. The third kappa shape index (κ3) is 4.59. The molecule has 2 saturated heterocycles. The molecule has 0 saturated carbocycles. The summed E-state index contributed by atoms with van der Waals surface area (Å²) >= 11 is 0. The quantitative estimate of drug-likeness (QED) is 0.864. The zero-order valence-corrected chi connectivity index (χ0v) is 14.1. The number of hydrogen-bond donors (Lipinski definition) is 1. The Morgan fingerprint density at radius 3 is 2.74 bits per heavy atom. The summed E-state index contributed by atoms with van der Waals surface area (Å²) in [6.45, 7) is 7.07. The molecule has 23 heavy (non-hydrogen) atoms. The molecular weight excluding hydrogens is 292 g/mol. The largest absolute Gasteiger partial charge is 0.493 e. The van der Waals surface area contributed by atoms with Gasteiger partial charge < -0.3 is 24.4 Å². The molecule has 2 heterocycles. The number of rotatable bonds is 6. The molecule has 1 N–H and O–H groups in total. The zero-order valence-electron chi connectivity index (χ0n) is 14.1. The van der Waals surface area contributed by atoms with Crippen molar-refractivity contribution in [2.45, 2.75) is 25.4 Å². The molecule has 3 rings (SSSR count). The molecule has 0 unspecified atom stereocenters. The Labute approximate surface area is 138 Å². The fraction of sp³-hybridized carbons (Fsp3) is 0.667. The number of methoxy groups -OCH3 is 1. The molecule has 128 valence electrons. The van der Waals surface area contributed by atoms with Gasteiger partial charge in [-0.25, -0.2) is 0 Å². The number of para-hydroxylation sites is 1. The Balaban J connectivity index is 1.67. The molecule has 0 aliphatic carbocycles. The van der Waals surface area contributed by atoms with Crippen LogP contribution in [0.15, 0.2) is 18.2 Å². The first-order valence-electron chi connectivity index (χ1n) is 8.70. The SMILES string of the molecule is COc1cccc(CCN2CCNCC2)c1OC1CCOCC1. The van der Waals surface area contributed by atoms with Crippen LogP contribution >= 0.6 is 0 Å². The standard InChI is InChI=1S/C18H28N2O3/c1-21-17-4-2-3-15(5-10-20-11-8-19-9-12-20)18(17)23-16-6-13-22-14-7-16/h2-4,16,19H,5-14H2,1H3. The lowest BCUT2D eigenvalue weighted by atomic mass is 10.1. The lowest BCUT2D eigenvalue weighted by Crippen LogP contribution is -2.44. The first-order valence-corrected chi connectivity index (χ1v) is 8.70. The highest BCUT2D eigenvalue weighted by Gasteiger charge is 2.20. The van der Waals surface area contributed by atoms with Crippen LogP contribution in [-0.4, -0.2) is 64.1 Å². The Morgan fingerprint density at radius 1 is 1.22 bits per heavy atom. The second-order valence-electron chi connectivity index (χ2n) is 6.22. The van der Waals surface area contributed by atoms with Gasteiger partial charge >= 0.3 is 0 Å². The Hall–Kier alpha value is -1.30. The van der Waals surface area contributed by atoms with Crippen molar-refractivity contribution >= 4 is 0 Å². The second-order valence-corrected chi connectivity index (χ2v) is 6.22. The van der Waals surface area contributed by atoms with Crippen molar-refractivity contribution in [2.75, 3.05) is 53.0 Å². The molecule has 0 spiro atoms. The van der Waals surface area contributed by atoms with E-state index in [9.17, 15) is 0 Å². The number of nitrogens with zero attached hydrogens (tertiary/aromatic N) is 1. The minimum atomic E-state index is 0.234. The predicted molar refractivity (Wildman–Crippen MR) is 90.5 cm³/mol. The van der Waals surface area contributed by atoms with Gasteiger partial charge in [0.05, 0.1) is 20.3 Å². The van der Waals surface area contributed by atoms with Crippen LogP contribution in [0.4, 0.5) is 0 Å². The van der Waals surface area contributed by atoms with Crippen molar-refractivity contribution in [1.82, 2.24) is 10.2 Å². The normalized spacial score (nSPS) is 20.4. The van der Waals surface area contributed by atoms with Crippen LogP contribution < -0.4 is 14.8 Å². The van der Waals surface area contributed by atoms with E-state index in [1.807, 2.05) is 6.07 Å². The summed E-state index contributed by atoms with van der Waals surface area (Å²) in [6.07, 6.45) is 3.14. The van der Waals surface area contributed by atoms with Crippen molar-refractivity contribution in [3.05, 3.63) is 23.8 Å². The van der Waals surface area contributed by atoms with Gasteiger partial charge in [0.1, 0.15) is 6.10 Å². The van der Waals surface area contributed by atoms with E-state index in [2.05, 4.69) is 22.3 Å². The van der Waals surface area contributed by atoms with Gasteiger partial charge in [-0.3, -0.25) is 0 Å². The van der Waals surface area contributed by atoms with E-state index in [0.717, 1.165) is 76.7 Å². The second kappa shape index (κ2) is 8.52. The molecule has 2 fully saturated rings. The summed E-state index contributed by atoms with van der Waals surface area (Å²) in [5, 5.41) is 3.40. The fourth-order valence-electron chi connectivity index (χ4n) is 3.23. The average molecular weight is 320 g/mol. The number of hydrogen-bond acceptors (Lipinski definition) is 5. The molecule has 0 radical (unpaired) electrons. The van der Waals surface area contributed by atoms with E-state index in [4.69, 9.17) is 14.2 Å². The summed E-state index contributed by atoms with van der Waals surface area (Å²) in [7, 11) is 1.71. The molecule has 2 aliphatic rings. The maximum Gasteiger partial charge on any atom is 0.164 e. The number of nitrogens with one attached hydrogen (secondary N) is 1. The van der Waals surface area contributed by atoms with Gasteiger partial charge in [-0.1, -0.05) is 12.1 Å². The summed E-state index contributed by atoms with van der Waals surface area (Å²) in [4.78, 5) is 2.51. The molecule has 2 aliphatic heterocycles. The Bertz CT molecular complexity index is 483. The van der Waals surface area contributed by atoms with E-state index in [1.54, 1.807) is 7.11 Å². The molecule has 1 aromatic carbocycles. The Morgan fingerprint density at radius 2 is 2.00 bits per heavy atom. The molecule has 0 atom stereocenters. The van der Waals surface area contributed by atoms with Gasteiger partial charge in [0.15, 0.2) is 11.5 Å². The molecule has 5 nitrogen and oxygen atoms in total. The lowest BCUT2D eigenvalue weighted by molar-refractivity contribution is 0.0241. The van der Waals surface area contributed by atoms with Gasteiger partial charge in [0, 0.05) is 45.6 Å².